The Morgan fingerprint density at radius 3 is 2.43 bits per heavy atom. The van der Waals surface area contributed by atoms with Gasteiger partial charge in [0.15, 0.2) is 0 Å². The van der Waals surface area contributed by atoms with Crippen LogP contribution in [0.4, 0.5) is 18.9 Å². The maximum atomic E-state index is 13.2. The minimum atomic E-state index is -4.55. The second-order valence-electron chi connectivity index (χ2n) is 5.87. The van der Waals surface area contributed by atoms with Gasteiger partial charge in [0.1, 0.15) is 0 Å². The molecule has 0 aliphatic carbocycles. The van der Waals surface area contributed by atoms with E-state index in [-0.39, 0.29) is 23.6 Å². The lowest BCUT2D eigenvalue weighted by Crippen LogP contribution is -2.47. The van der Waals surface area contributed by atoms with Crippen molar-refractivity contribution < 1.29 is 18.3 Å². The highest BCUT2D eigenvalue weighted by Crippen LogP contribution is 2.42. The van der Waals surface area contributed by atoms with Crippen molar-refractivity contribution in [3.8, 4) is 6.07 Å². The zero-order valence-electron chi connectivity index (χ0n) is 12.1. The number of halogens is 3. The molecule has 114 valence electrons. The zero-order valence-corrected chi connectivity index (χ0v) is 12.1. The van der Waals surface area contributed by atoms with Crippen molar-refractivity contribution in [1.29, 1.82) is 5.26 Å². The Morgan fingerprint density at radius 1 is 1.33 bits per heavy atom. The summed E-state index contributed by atoms with van der Waals surface area (Å²) >= 11 is 0. The number of hydrogen-bond acceptors (Lipinski definition) is 3. The standard InChI is InChI=1S/C15H17F3N2O/c1-9(14(2,3)21)20-7-6-11-12(20)5-4-10(8-19)13(11)15(16,17)18/h4-5,9,21H,6-7H2,1-3H3/t9-/m1/s1. The first kappa shape index (κ1) is 15.6. The van der Waals surface area contributed by atoms with Gasteiger partial charge in [-0.2, -0.15) is 18.4 Å². The normalized spacial score (nSPS) is 16.6. The molecule has 1 aromatic rings. The van der Waals surface area contributed by atoms with Crippen molar-refractivity contribution in [2.75, 3.05) is 11.4 Å². The van der Waals surface area contributed by atoms with E-state index in [1.165, 1.54) is 6.07 Å². The van der Waals surface area contributed by atoms with E-state index in [2.05, 4.69) is 0 Å². The number of nitriles is 1. The van der Waals surface area contributed by atoms with Gasteiger partial charge in [-0.25, -0.2) is 0 Å². The van der Waals surface area contributed by atoms with Crippen LogP contribution < -0.4 is 4.90 Å². The van der Waals surface area contributed by atoms with Crippen molar-refractivity contribution in [2.45, 2.75) is 45.0 Å². The maximum Gasteiger partial charge on any atom is 0.418 e. The lowest BCUT2D eigenvalue weighted by Gasteiger charge is -2.36. The van der Waals surface area contributed by atoms with E-state index in [9.17, 15) is 18.3 Å². The lowest BCUT2D eigenvalue weighted by molar-refractivity contribution is -0.138. The van der Waals surface area contributed by atoms with E-state index in [4.69, 9.17) is 5.26 Å². The van der Waals surface area contributed by atoms with Crippen LogP contribution in [0.5, 0.6) is 0 Å². The smallest absolute Gasteiger partial charge is 0.388 e. The largest absolute Gasteiger partial charge is 0.418 e. The fourth-order valence-corrected chi connectivity index (χ4v) is 2.71. The quantitative estimate of drug-likeness (QED) is 0.912. The number of fused-ring (bicyclic) bond motifs is 1. The van der Waals surface area contributed by atoms with Gasteiger partial charge in [0.05, 0.1) is 28.8 Å². The van der Waals surface area contributed by atoms with E-state index in [1.54, 1.807) is 37.8 Å². The van der Waals surface area contributed by atoms with Crippen LogP contribution in [-0.4, -0.2) is 23.3 Å². The van der Waals surface area contributed by atoms with Crippen molar-refractivity contribution in [3.63, 3.8) is 0 Å². The highest BCUT2D eigenvalue weighted by atomic mass is 19.4. The maximum absolute atomic E-state index is 13.2. The Balaban J connectivity index is 2.56. The summed E-state index contributed by atoms with van der Waals surface area (Å²) in [5, 5.41) is 19.0. The SMILES string of the molecule is C[C@@H](N1CCc2c1ccc(C#N)c2C(F)(F)F)C(C)(C)O. The molecule has 0 aromatic heterocycles. The van der Waals surface area contributed by atoms with Crippen LogP contribution in [0.15, 0.2) is 12.1 Å². The van der Waals surface area contributed by atoms with Gasteiger partial charge in [0.2, 0.25) is 0 Å². The molecule has 0 bridgehead atoms. The number of hydrogen-bond donors (Lipinski definition) is 1. The summed E-state index contributed by atoms with van der Waals surface area (Å²) in [6, 6.07) is 4.04. The molecule has 0 amide bonds. The van der Waals surface area contributed by atoms with Gasteiger partial charge in [0, 0.05) is 12.2 Å². The van der Waals surface area contributed by atoms with Gasteiger partial charge in [-0.3, -0.25) is 0 Å². The molecule has 1 heterocycles. The van der Waals surface area contributed by atoms with Crippen LogP contribution in [0.25, 0.3) is 0 Å². The first-order valence-electron chi connectivity index (χ1n) is 6.69. The van der Waals surface area contributed by atoms with Gasteiger partial charge >= 0.3 is 6.18 Å². The minimum absolute atomic E-state index is 0.151. The Labute approximate surface area is 121 Å². The second kappa shape index (κ2) is 4.92. The number of anilines is 1. The molecular formula is C15H17F3N2O. The zero-order chi connectivity index (χ0) is 16.0. The number of alkyl halides is 3. The van der Waals surface area contributed by atoms with Crippen molar-refractivity contribution in [1.82, 2.24) is 0 Å². The fraction of sp³-hybridized carbons (Fsp3) is 0.533. The summed E-state index contributed by atoms with van der Waals surface area (Å²) in [6.07, 6.45) is -4.33. The molecule has 0 radical (unpaired) electrons. The molecule has 0 unspecified atom stereocenters. The van der Waals surface area contributed by atoms with E-state index < -0.39 is 17.3 Å². The highest BCUT2D eigenvalue weighted by Gasteiger charge is 2.41. The Bertz CT molecular complexity index is 597. The number of rotatable bonds is 2. The Hall–Kier alpha value is -1.74. The van der Waals surface area contributed by atoms with Gasteiger partial charge in [-0.05, 0) is 44.9 Å². The molecule has 0 spiro atoms. The monoisotopic (exact) mass is 298 g/mol. The molecule has 3 nitrogen and oxygen atoms in total. The van der Waals surface area contributed by atoms with Crippen LogP contribution in [0.2, 0.25) is 0 Å². The molecule has 6 heteroatoms. The van der Waals surface area contributed by atoms with Crippen LogP contribution in [-0.2, 0) is 12.6 Å². The molecule has 2 rings (SSSR count). The van der Waals surface area contributed by atoms with Crippen molar-refractivity contribution in [3.05, 3.63) is 28.8 Å². The van der Waals surface area contributed by atoms with Crippen molar-refractivity contribution in [2.24, 2.45) is 0 Å². The summed E-state index contributed by atoms with van der Waals surface area (Å²) in [7, 11) is 0. The molecule has 0 fully saturated rings. The van der Waals surface area contributed by atoms with E-state index in [0.29, 0.717) is 12.2 Å². The number of benzene rings is 1. The van der Waals surface area contributed by atoms with E-state index in [1.807, 2.05) is 0 Å². The van der Waals surface area contributed by atoms with Crippen LogP contribution in [0.1, 0.15) is 37.5 Å². The van der Waals surface area contributed by atoms with Gasteiger partial charge < -0.3 is 10.0 Å². The predicted octanol–water partition coefficient (Wildman–Crippen LogP) is 3.10. The van der Waals surface area contributed by atoms with Gasteiger partial charge in [0.25, 0.3) is 0 Å². The molecule has 0 saturated carbocycles. The van der Waals surface area contributed by atoms with Crippen LogP contribution in [0, 0.1) is 11.3 Å². The average Bonchev–Trinajstić information content (AvgIpc) is 2.77. The lowest BCUT2D eigenvalue weighted by atomic mass is 9.97. The van der Waals surface area contributed by atoms with Gasteiger partial charge in [-0.1, -0.05) is 0 Å². The number of aliphatic hydroxyl groups is 1. The van der Waals surface area contributed by atoms with Gasteiger partial charge in [-0.15, -0.1) is 0 Å². The number of nitrogens with zero attached hydrogens (tertiary/aromatic N) is 2. The van der Waals surface area contributed by atoms with E-state index >= 15 is 0 Å². The third kappa shape index (κ3) is 2.70. The van der Waals surface area contributed by atoms with Crippen LogP contribution in [0.3, 0.4) is 0 Å². The fourth-order valence-electron chi connectivity index (χ4n) is 2.71. The Morgan fingerprint density at radius 2 is 1.95 bits per heavy atom. The third-order valence-corrected chi connectivity index (χ3v) is 4.09. The molecular weight excluding hydrogens is 281 g/mol. The predicted molar refractivity (Wildman–Crippen MR) is 73.0 cm³/mol. The first-order chi connectivity index (χ1) is 9.57. The molecule has 1 N–H and O–H groups in total. The van der Waals surface area contributed by atoms with E-state index in [0.717, 1.165) is 0 Å². The molecule has 1 atom stereocenters. The summed E-state index contributed by atoms with van der Waals surface area (Å²) in [4.78, 5) is 1.77. The molecule has 1 aliphatic rings. The first-order valence-corrected chi connectivity index (χ1v) is 6.69. The second-order valence-corrected chi connectivity index (χ2v) is 5.87. The minimum Gasteiger partial charge on any atom is -0.388 e. The Kier molecular flexibility index (Phi) is 3.66. The summed E-state index contributed by atoms with van der Waals surface area (Å²) in [5.74, 6) is 0. The average molecular weight is 298 g/mol. The summed E-state index contributed by atoms with van der Waals surface area (Å²) in [6.45, 7) is 5.44. The molecule has 0 saturated heterocycles. The van der Waals surface area contributed by atoms with Crippen molar-refractivity contribution >= 4 is 5.69 Å². The van der Waals surface area contributed by atoms with Crippen LogP contribution >= 0.6 is 0 Å². The molecule has 21 heavy (non-hydrogen) atoms. The molecule has 1 aromatic carbocycles. The third-order valence-electron chi connectivity index (χ3n) is 4.09. The summed E-state index contributed by atoms with van der Waals surface area (Å²) < 4.78 is 39.7. The highest BCUT2D eigenvalue weighted by molar-refractivity contribution is 5.66. The molecule has 1 aliphatic heterocycles. The topological polar surface area (TPSA) is 47.3 Å². The summed E-state index contributed by atoms with van der Waals surface area (Å²) in [5.41, 5.74) is -1.62.